The number of amides is 1. The molecular weight excluding hydrogens is 328 g/mol. The minimum Gasteiger partial charge on any atom is -0.347 e. The molecule has 3 atom stereocenters. The molecule has 19 heavy (non-hydrogen) atoms. The Morgan fingerprint density at radius 3 is 2.79 bits per heavy atom. The summed E-state index contributed by atoms with van der Waals surface area (Å²) in [5, 5.41) is 6.55. The van der Waals surface area contributed by atoms with Gasteiger partial charge in [-0.05, 0) is 44.0 Å². The van der Waals surface area contributed by atoms with Gasteiger partial charge >= 0.3 is 0 Å². The van der Waals surface area contributed by atoms with E-state index in [2.05, 4.69) is 40.4 Å². The zero-order valence-corrected chi connectivity index (χ0v) is 13.6. The van der Waals surface area contributed by atoms with Gasteiger partial charge in [0.15, 0.2) is 0 Å². The number of nitrogens with one attached hydrogen (secondary N) is 2. The third-order valence-corrected chi connectivity index (χ3v) is 4.10. The Hall–Kier alpha value is -0.580. The molecule has 1 aliphatic rings. The first-order chi connectivity index (χ1) is 8.58. The Morgan fingerprint density at radius 1 is 1.42 bits per heavy atom. The fourth-order valence-corrected chi connectivity index (χ4v) is 2.87. The number of piperidine rings is 1. The summed E-state index contributed by atoms with van der Waals surface area (Å²) in [6.45, 7) is 5.36. The molecule has 0 spiro atoms. The van der Waals surface area contributed by atoms with Gasteiger partial charge in [0.05, 0.1) is 0 Å². The molecule has 106 valence electrons. The van der Waals surface area contributed by atoms with Crippen molar-refractivity contribution in [2.45, 2.75) is 32.4 Å². The second kappa shape index (κ2) is 7.27. The number of carbonyl (C=O) groups is 1. The normalized spacial score (nSPS) is 26.4. The van der Waals surface area contributed by atoms with Crippen LogP contribution < -0.4 is 10.6 Å². The minimum absolute atomic E-state index is 0. The van der Waals surface area contributed by atoms with Gasteiger partial charge in [-0.15, -0.1) is 12.4 Å². The van der Waals surface area contributed by atoms with E-state index in [0.29, 0.717) is 17.5 Å². The van der Waals surface area contributed by atoms with Crippen molar-refractivity contribution in [1.82, 2.24) is 10.6 Å². The molecule has 3 unspecified atom stereocenters. The van der Waals surface area contributed by atoms with Crippen LogP contribution in [0.4, 0.5) is 0 Å². The van der Waals surface area contributed by atoms with Gasteiger partial charge in [-0.3, -0.25) is 4.79 Å². The Balaban J connectivity index is 0.00000180. The molecule has 0 saturated carbocycles. The van der Waals surface area contributed by atoms with E-state index in [1.165, 1.54) is 0 Å². The molecular formula is C14H20BrClN2O. The molecule has 1 heterocycles. The van der Waals surface area contributed by atoms with Gasteiger partial charge in [0.1, 0.15) is 0 Å². The number of carbonyl (C=O) groups excluding carboxylic acids is 1. The molecule has 5 heteroatoms. The average molecular weight is 348 g/mol. The summed E-state index contributed by atoms with van der Waals surface area (Å²) >= 11 is 3.39. The van der Waals surface area contributed by atoms with E-state index in [9.17, 15) is 4.79 Å². The number of halogens is 2. The average Bonchev–Trinajstić information content (AvgIpc) is 2.34. The topological polar surface area (TPSA) is 41.1 Å². The third-order valence-electron chi connectivity index (χ3n) is 3.60. The molecule has 0 bridgehead atoms. The number of hydrogen-bond donors (Lipinski definition) is 2. The lowest BCUT2D eigenvalue weighted by molar-refractivity contribution is 0.0897. The van der Waals surface area contributed by atoms with Crippen molar-refractivity contribution in [1.29, 1.82) is 0 Å². The first-order valence-corrected chi connectivity index (χ1v) is 7.17. The molecule has 3 nitrogen and oxygen atoms in total. The first kappa shape index (κ1) is 16.5. The molecule has 1 fully saturated rings. The van der Waals surface area contributed by atoms with Crippen LogP contribution in [0.25, 0.3) is 0 Å². The van der Waals surface area contributed by atoms with Gasteiger partial charge in [0.2, 0.25) is 0 Å². The molecule has 0 aliphatic carbocycles. The maximum Gasteiger partial charge on any atom is 0.251 e. The largest absolute Gasteiger partial charge is 0.347 e. The lowest BCUT2D eigenvalue weighted by atomic mass is 9.89. The molecule has 1 amide bonds. The second-order valence-corrected chi connectivity index (χ2v) is 5.93. The third kappa shape index (κ3) is 4.20. The van der Waals surface area contributed by atoms with Crippen molar-refractivity contribution in [3.63, 3.8) is 0 Å². The highest BCUT2D eigenvalue weighted by Gasteiger charge is 2.28. The van der Waals surface area contributed by atoms with Crippen molar-refractivity contribution in [3.05, 3.63) is 34.3 Å². The lowest BCUT2D eigenvalue weighted by Crippen LogP contribution is -2.55. The van der Waals surface area contributed by atoms with Gasteiger partial charge in [-0.25, -0.2) is 0 Å². The summed E-state index contributed by atoms with van der Waals surface area (Å²) in [5.74, 6) is 0.515. The summed E-state index contributed by atoms with van der Waals surface area (Å²) in [5.41, 5.74) is 0.703. The first-order valence-electron chi connectivity index (χ1n) is 6.37. The quantitative estimate of drug-likeness (QED) is 0.863. The van der Waals surface area contributed by atoms with E-state index in [1.807, 2.05) is 24.3 Å². The standard InChI is InChI=1S/C14H19BrN2O.ClH/c1-9-6-7-16-10(2)13(9)17-14(18)11-4-3-5-12(15)8-11;/h3-5,8-10,13,16H,6-7H2,1-2H3,(H,17,18);1H. The monoisotopic (exact) mass is 346 g/mol. The molecule has 0 radical (unpaired) electrons. The maximum atomic E-state index is 12.2. The van der Waals surface area contributed by atoms with Gasteiger partial charge in [0.25, 0.3) is 5.91 Å². The predicted octanol–water partition coefficient (Wildman–Crippen LogP) is 2.99. The molecule has 2 N–H and O–H groups in total. The van der Waals surface area contributed by atoms with Crippen molar-refractivity contribution in [3.8, 4) is 0 Å². The zero-order chi connectivity index (χ0) is 13.1. The van der Waals surface area contributed by atoms with Crippen LogP contribution in [0.3, 0.4) is 0 Å². The van der Waals surface area contributed by atoms with E-state index >= 15 is 0 Å². The summed E-state index contributed by atoms with van der Waals surface area (Å²) in [4.78, 5) is 12.2. The summed E-state index contributed by atoms with van der Waals surface area (Å²) < 4.78 is 0.929. The van der Waals surface area contributed by atoms with E-state index in [0.717, 1.165) is 17.4 Å². The van der Waals surface area contributed by atoms with Crippen LogP contribution >= 0.6 is 28.3 Å². The summed E-state index contributed by atoms with van der Waals surface area (Å²) in [7, 11) is 0. The van der Waals surface area contributed by atoms with Crippen LogP contribution in [0.15, 0.2) is 28.7 Å². The van der Waals surface area contributed by atoms with Gasteiger partial charge in [-0.2, -0.15) is 0 Å². The predicted molar refractivity (Wildman–Crippen MR) is 83.9 cm³/mol. The lowest BCUT2D eigenvalue weighted by Gasteiger charge is -2.36. The van der Waals surface area contributed by atoms with E-state index in [-0.39, 0.29) is 24.4 Å². The Kier molecular flexibility index (Phi) is 6.30. The molecule has 1 saturated heterocycles. The van der Waals surface area contributed by atoms with Crippen LogP contribution in [-0.2, 0) is 0 Å². The van der Waals surface area contributed by atoms with E-state index in [4.69, 9.17) is 0 Å². The highest BCUT2D eigenvalue weighted by atomic mass is 79.9. The molecule has 1 aliphatic heterocycles. The molecule has 0 aromatic heterocycles. The number of hydrogen-bond acceptors (Lipinski definition) is 2. The fourth-order valence-electron chi connectivity index (χ4n) is 2.47. The Morgan fingerprint density at radius 2 is 2.16 bits per heavy atom. The van der Waals surface area contributed by atoms with Crippen molar-refractivity contribution >= 4 is 34.2 Å². The summed E-state index contributed by atoms with van der Waals surface area (Å²) in [6, 6.07) is 8.01. The van der Waals surface area contributed by atoms with Gasteiger partial charge < -0.3 is 10.6 Å². The SMILES string of the molecule is CC1CCNC(C)C1NC(=O)c1cccc(Br)c1.Cl. The van der Waals surface area contributed by atoms with E-state index < -0.39 is 0 Å². The Bertz CT molecular complexity index is 431. The van der Waals surface area contributed by atoms with Crippen molar-refractivity contribution < 1.29 is 4.79 Å². The van der Waals surface area contributed by atoms with Crippen LogP contribution in [0.5, 0.6) is 0 Å². The highest BCUT2D eigenvalue weighted by molar-refractivity contribution is 9.10. The molecule has 2 rings (SSSR count). The smallest absolute Gasteiger partial charge is 0.251 e. The Labute approximate surface area is 129 Å². The van der Waals surface area contributed by atoms with Gasteiger partial charge in [0, 0.05) is 22.1 Å². The molecule has 1 aromatic rings. The fraction of sp³-hybridized carbons (Fsp3) is 0.500. The zero-order valence-electron chi connectivity index (χ0n) is 11.2. The van der Waals surface area contributed by atoms with Crippen LogP contribution in [0.1, 0.15) is 30.6 Å². The van der Waals surface area contributed by atoms with Crippen LogP contribution in [0, 0.1) is 5.92 Å². The number of benzene rings is 1. The van der Waals surface area contributed by atoms with E-state index in [1.54, 1.807) is 0 Å². The number of rotatable bonds is 2. The van der Waals surface area contributed by atoms with Crippen molar-refractivity contribution in [2.75, 3.05) is 6.54 Å². The van der Waals surface area contributed by atoms with Crippen LogP contribution in [0.2, 0.25) is 0 Å². The van der Waals surface area contributed by atoms with Crippen molar-refractivity contribution in [2.24, 2.45) is 5.92 Å². The van der Waals surface area contributed by atoms with Gasteiger partial charge in [-0.1, -0.05) is 28.9 Å². The highest BCUT2D eigenvalue weighted by Crippen LogP contribution is 2.17. The minimum atomic E-state index is 0. The summed E-state index contributed by atoms with van der Waals surface area (Å²) in [6.07, 6.45) is 1.10. The van der Waals surface area contributed by atoms with Crippen LogP contribution in [-0.4, -0.2) is 24.5 Å². The maximum absolute atomic E-state index is 12.2. The second-order valence-electron chi connectivity index (χ2n) is 5.02. The molecule has 1 aromatic carbocycles.